The zero-order valence-corrected chi connectivity index (χ0v) is 12.3. The van der Waals surface area contributed by atoms with Crippen LogP contribution in [0.25, 0.3) is 11.0 Å². The minimum absolute atomic E-state index is 0.0952. The lowest BCUT2D eigenvalue weighted by atomic mass is 10.2. The van der Waals surface area contributed by atoms with Gasteiger partial charge in [-0.25, -0.2) is 13.4 Å². The van der Waals surface area contributed by atoms with Crippen molar-refractivity contribution in [2.45, 2.75) is 18.3 Å². The van der Waals surface area contributed by atoms with E-state index in [1.165, 1.54) is 0 Å². The zero-order valence-electron chi connectivity index (χ0n) is 10.0. The van der Waals surface area contributed by atoms with Gasteiger partial charge in [-0.1, -0.05) is 11.6 Å². The molecule has 0 saturated carbocycles. The SMILES string of the molecule is O=S1(=O)CCC(n2c(CCl)nc3ccc(Cl)cc32)C1. The van der Waals surface area contributed by atoms with Crippen LogP contribution < -0.4 is 0 Å². The molecule has 2 heterocycles. The van der Waals surface area contributed by atoms with Gasteiger partial charge in [0.05, 0.1) is 34.5 Å². The first-order valence-electron chi connectivity index (χ1n) is 5.93. The van der Waals surface area contributed by atoms with Crippen molar-refractivity contribution in [3.8, 4) is 0 Å². The van der Waals surface area contributed by atoms with E-state index in [1.807, 2.05) is 16.7 Å². The van der Waals surface area contributed by atoms with Gasteiger partial charge in [-0.3, -0.25) is 0 Å². The van der Waals surface area contributed by atoms with Crippen LogP contribution in [0.5, 0.6) is 0 Å². The van der Waals surface area contributed by atoms with Gasteiger partial charge in [0.15, 0.2) is 9.84 Å². The standard InChI is InChI=1S/C12H12Cl2N2O2S/c13-6-12-15-10-2-1-8(14)5-11(10)16(12)9-3-4-19(17,18)7-9/h1-2,5,9H,3-4,6-7H2. The quantitative estimate of drug-likeness (QED) is 0.800. The monoisotopic (exact) mass is 318 g/mol. The van der Waals surface area contributed by atoms with Gasteiger partial charge < -0.3 is 4.57 Å². The van der Waals surface area contributed by atoms with E-state index in [0.717, 1.165) is 11.0 Å². The minimum atomic E-state index is -2.95. The van der Waals surface area contributed by atoms with E-state index >= 15 is 0 Å². The van der Waals surface area contributed by atoms with Gasteiger partial charge in [0, 0.05) is 5.02 Å². The maximum atomic E-state index is 11.6. The second-order valence-corrected chi connectivity index (χ2v) is 7.65. The third kappa shape index (κ3) is 2.35. The molecule has 2 aromatic rings. The Morgan fingerprint density at radius 3 is 2.84 bits per heavy atom. The molecule has 19 heavy (non-hydrogen) atoms. The van der Waals surface area contributed by atoms with Crippen molar-refractivity contribution >= 4 is 44.1 Å². The molecule has 1 aliphatic heterocycles. The first kappa shape index (κ1) is 13.2. The molecule has 3 rings (SSSR count). The number of hydrogen-bond acceptors (Lipinski definition) is 3. The summed E-state index contributed by atoms with van der Waals surface area (Å²) in [6.07, 6.45) is 0.601. The predicted molar refractivity (Wildman–Crippen MR) is 76.6 cm³/mol. The molecule has 1 aromatic heterocycles. The molecule has 4 nitrogen and oxygen atoms in total. The molecule has 1 aliphatic rings. The van der Waals surface area contributed by atoms with Crippen LogP contribution in [0.3, 0.4) is 0 Å². The van der Waals surface area contributed by atoms with Crippen molar-refractivity contribution in [2.75, 3.05) is 11.5 Å². The van der Waals surface area contributed by atoms with Gasteiger partial charge in [-0.05, 0) is 24.6 Å². The van der Waals surface area contributed by atoms with Crippen LogP contribution in [0.2, 0.25) is 5.02 Å². The number of fused-ring (bicyclic) bond motifs is 1. The molecule has 1 saturated heterocycles. The summed E-state index contributed by atoms with van der Waals surface area (Å²) in [6, 6.07) is 5.31. The maximum Gasteiger partial charge on any atom is 0.152 e. The van der Waals surface area contributed by atoms with E-state index in [0.29, 0.717) is 17.3 Å². The molecule has 1 fully saturated rings. The minimum Gasteiger partial charge on any atom is -0.323 e. The smallest absolute Gasteiger partial charge is 0.152 e. The van der Waals surface area contributed by atoms with Crippen LogP contribution in [-0.2, 0) is 15.7 Å². The first-order valence-corrected chi connectivity index (χ1v) is 8.66. The number of halogens is 2. The van der Waals surface area contributed by atoms with E-state index in [2.05, 4.69) is 4.98 Å². The molecule has 1 unspecified atom stereocenters. The summed E-state index contributed by atoms with van der Waals surface area (Å²) in [7, 11) is -2.95. The van der Waals surface area contributed by atoms with Gasteiger partial charge in [0.1, 0.15) is 5.82 Å². The van der Waals surface area contributed by atoms with Crippen molar-refractivity contribution in [1.82, 2.24) is 9.55 Å². The summed E-state index contributed by atoms with van der Waals surface area (Å²) < 4.78 is 25.2. The molecule has 0 aliphatic carbocycles. The number of sulfone groups is 1. The fourth-order valence-electron chi connectivity index (χ4n) is 2.60. The molecule has 7 heteroatoms. The van der Waals surface area contributed by atoms with Gasteiger partial charge in [0.25, 0.3) is 0 Å². The van der Waals surface area contributed by atoms with Crippen molar-refractivity contribution < 1.29 is 8.42 Å². The highest BCUT2D eigenvalue weighted by molar-refractivity contribution is 7.91. The Morgan fingerprint density at radius 1 is 1.42 bits per heavy atom. The van der Waals surface area contributed by atoms with Gasteiger partial charge in [0.2, 0.25) is 0 Å². The fraction of sp³-hybridized carbons (Fsp3) is 0.417. The van der Waals surface area contributed by atoms with Crippen LogP contribution in [0.4, 0.5) is 0 Å². The summed E-state index contributed by atoms with van der Waals surface area (Å²) in [4.78, 5) is 4.44. The van der Waals surface area contributed by atoms with E-state index in [1.54, 1.807) is 6.07 Å². The average molecular weight is 319 g/mol. The average Bonchev–Trinajstić information content (AvgIpc) is 2.88. The number of aromatic nitrogens is 2. The summed E-state index contributed by atoms with van der Waals surface area (Å²) >= 11 is 11.9. The van der Waals surface area contributed by atoms with Crippen molar-refractivity contribution in [2.24, 2.45) is 0 Å². The molecule has 102 valence electrons. The highest BCUT2D eigenvalue weighted by atomic mass is 35.5. The third-order valence-electron chi connectivity index (χ3n) is 3.42. The van der Waals surface area contributed by atoms with Crippen LogP contribution >= 0.6 is 23.2 Å². The number of imidazole rings is 1. The molecule has 1 atom stereocenters. The Morgan fingerprint density at radius 2 is 2.21 bits per heavy atom. The number of alkyl halides is 1. The van der Waals surface area contributed by atoms with Crippen LogP contribution in [0.1, 0.15) is 18.3 Å². The van der Waals surface area contributed by atoms with E-state index in [9.17, 15) is 8.42 Å². The van der Waals surface area contributed by atoms with Crippen LogP contribution in [0, 0.1) is 0 Å². The van der Waals surface area contributed by atoms with E-state index < -0.39 is 9.84 Å². The Kier molecular flexibility index (Phi) is 3.23. The van der Waals surface area contributed by atoms with Gasteiger partial charge >= 0.3 is 0 Å². The molecule has 1 aromatic carbocycles. The topological polar surface area (TPSA) is 52.0 Å². The van der Waals surface area contributed by atoms with Crippen LogP contribution in [0.15, 0.2) is 18.2 Å². The van der Waals surface area contributed by atoms with Crippen molar-refractivity contribution in [3.05, 3.63) is 29.0 Å². The van der Waals surface area contributed by atoms with E-state index in [4.69, 9.17) is 23.2 Å². The number of hydrogen-bond donors (Lipinski definition) is 0. The third-order valence-corrected chi connectivity index (χ3v) is 5.64. The van der Waals surface area contributed by atoms with Gasteiger partial charge in [-0.15, -0.1) is 11.6 Å². The second kappa shape index (κ2) is 4.65. The molecule has 0 radical (unpaired) electrons. The highest BCUT2D eigenvalue weighted by Gasteiger charge is 2.31. The number of benzene rings is 1. The fourth-order valence-corrected chi connectivity index (χ4v) is 4.65. The van der Waals surface area contributed by atoms with Crippen molar-refractivity contribution in [1.29, 1.82) is 0 Å². The summed E-state index contributed by atoms with van der Waals surface area (Å²) in [6.45, 7) is 0. The molecular weight excluding hydrogens is 307 g/mol. The maximum absolute atomic E-state index is 11.6. The lowest BCUT2D eigenvalue weighted by Gasteiger charge is -2.14. The largest absolute Gasteiger partial charge is 0.323 e. The molecule has 0 N–H and O–H groups in total. The Labute approximate surface area is 121 Å². The summed E-state index contributed by atoms with van der Waals surface area (Å²) in [5.74, 6) is 1.32. The summed E-state index contributed by atoms with van der Waals surface area (Å²) in [5.41, 5.74) is 1.65. The molecule has 0 spiro atoms. The van der Waals surface area contributed by atoms with Gasteiger partial charge in [-0.2, -0.15) is 0 Å². The lowest BCUT2D eigenvalue weighted by molar-refractivity contribution is 0.554. The first-order chi connectivity index (χ1) is 9.00. The lowest BCUT2D eigenvalue weighted by Crippen LogP contribution is -2.13. The van der Waals surface area contributed by atoms with Crippen molar-refractivity contribution in [3.63, 3.8) is 0 Å². The Hall–Kier alpha value is -0.780. The van der Waals surface area contributed by atoms with E-state index in [-0.39, 0.29) is 23.4 Å². The zero-order chi connectivity index (χ0) is 13.6. The summed E-state index contributed by atoms with van der Waals surface area (Å²) in [5, 5.41) is 0.607. The molecule has 0 amide bonds. The molecule has 0 bridgehead atoms. The molecular formula is C12H12Cl2N2O2S. The highest BCUT2D eigenvalue weighted by Crippen LogP contribution is 2.31. The Bertz CT molecular complexity index is 740. The predicted octanol–water partition coefficient (Wildman–Crippen LogP) is 2.79. The normalized spacial score (nSPS) is 22.1. The Balaban J connectivity index is 2.18. The number of nitrogens with zero attached hydrogens (tertiary/aromatic N) is 2. The number of rotatable bonds is 2. The second-order valence-electron chi connectivity index (χ2n) is 4.72. The van der Waals surface area contributed by atoms with Crippen LogP contribution in [-0.4, -0.2) is 29.5 Å².